The molecule has 1 fully saturated rings. The predicted molar refractivity (Wildman–Crippen MR) is 78.1 cm³/mol. The lowest BCUT2D eigenvalue weighted by atomic mass is 9.80. The number of benzene rings is 1. The second-order valence-corrected chi connectivity index (χ2v) is 5.82. The monoisotopic (exact) mass is 251 g/mol. The molecule has 1 aromatic carbocycles. The molecule has 2 aromatic rings. The molecule has 1 aromatic heterocycles. The second kappa shape index (κ2) is 4.19. The van der Waals surface area contributed by atoms with Crippen molar-refractivity contribution in [1.82, 2.24) is 4.98 Å². The summed E-state index contributed by atoms with van der Waals surface area (Å²) in [5.74, 6) is 0. The lowest BCUT2D eigenvalue weighted by Crippen LogP contribution is -2.17. The van der Waals surface area contributed by atoms with Crippen molar-refractivity contribution in [3.8, 4) is 11.3 Å². The fourth-order valence-electron chi connectivity index (χ4n) is 3.66. The minimum absolute atomic E-state index is 0.0608. The van der Waals surface area contributed by atoms with E-state index in [1.165, 1.54) is 18.4 Å². The quantitative estimate of drug-likeness (QED) is 0.727. The lowest BCUT2D eigenvalue weighted by molar-refractivity contribution is 0.439. The van der Waals surface area contributed by atoms with Gasteiger partial charge < -0.3 is 0 Å². The molecule has 1 spiro atoms. The topological polar surface area (TPSA) is 12.9 Å². The summed E-state index contributed by atoms with van der Waals surface area (Å²) < 4.78 is 16.7. The van der Waals surface area contributed by atoms with E-state index < -0.39 is 6.37 Å². The van der Waals surface area contributed by atoms with Crippen LogP contribution in [-0.4, -0.2) is 4.98 Å². The number of hydrogen-bond donors (Lipinski definition) is 0. The second-order valence-electron chi connectivity index (χ2n) is 5.82. The number of hydrogen-bond acceptors (Lipinski definition) is 1. The van der Waals surface area contributed by atoms with E-state index in [1.807, 2.05) is 18.2 Å². The Kier molecular flexibility index (Phi) is 2.05. The summed E-state index contributed by atoms with van der Waals surface area (Å²) in [7, 11) is 0. The van der Waals surface area contributed by atoms with Crippen molar-refractivity contribution in [2.24, 2.45) is 0 Å². The Morgan fingerprint density at radius 2 is 1.84 bits per heavy atom. The van der Waals surface area contributed by atoms with Gasteiger partial charge in [0.15, 0.2) is 0 Å². The zero-order chi connectivity index (χ0) is 14.5. The molecule has 0 N–H and O–H groups in total. The van der Waals surface area contributed by atoms with E-state index in [1.54, 1.807) is 6.20 Å². The van der Waals surface area contributed by atoms with Crippen molar-refractivity contribution in [3.05, 3.63) is 53.7 Å². The molecule has 1 heteroatoms. The molecule has 19 heavy (non-hydrogen) atoms. The molecular weight excluding hydrogens is 230 g/mol. The maximum Gasteiger partial charge on any atom is 0.0705 e. The van der Waals surface area contributed by atoms with E-state index in [4.69, 9.17) is 2.74 Å². The van der Waals surface area contributed by atoms with E-state index >= 15 is 0 Å². The molecule has 4 rings (SSSR count). The van der Waals surface area contributed by atoms with Crippen LogP contribution in [0.5, 0.6) is 0 Å². The first-order chi connectivity index (χ1) is 10.1. The summed E-state index contributed by atoms with van der Waals surface area (Å²) in [6, 6.07) is 12.3. The summed E-state index contributed by atoms with van der Waals surface area (Å²) in [5.41, 5.74) is 4.19. The zero-order valence-corrected chi connectivity index (χ0v) is 11.0. The maximum absolute atomic E-state index is 8.36. The van der Waals surface area contributed by atoms with Crippen LogP contribution in [0.1, 0.15) is 46.0 Å². The van der Waals surface area contributed by atoms with Gasteiger partial charge in [-0.3, -0.25) is 4.98 Å². The number of rotatable bonds is 1. The van der Waals surface area contributed by atoms with Crippen LogP contribution in [0.3, 0.4) is 0 Å². The van der Waals surface area contributed by atoms with Gasteiger partial charge in [0.2, 0.25) is 0 Å². The molecule has 0 aliphatic heterocycles. The van der Waals surface area contributed by atoms with Gasteiger partial charge in [-0.1, -0.05) is 43.2 Å². The number of fused-ring (bicyclic) bond motifs is 2. The molecule has 0 atom stereocenters. The lowest BCUT2D eigenvalue weighted by Gasteiger charge is -2.24. The van der Waals surface area contributed by atoms with Gasteiger partial charge in [-0.05, 0) is 48.2 Å². The number of nitrogens with zero attached hydrogens (tertiary/aromatic N) is 1. The smallest absolute Gasteiger partial charge is 0.0705 e. The summed E-state index contributed by atoms with van der Waals surface area (Å²) in [4.78, 5) is 4.53. The SMILES string of the molecule is [2H]C1([2H])CC2(CCCC2)c2cc(-c3ccccc3)ncc21. The van der Waals surface area contributed by atoms with E-state index in [-0.39, 0.29) is 5.41 Å². The molecule has 0 unspecified atom stereocenters. The largest absolute Gasteiger partial charge is 0.256 e. The normalized spacial score (nSPS) is 24.0. The minimum atomic E-state index is -1.22. The third-order valence-electron chi connectivity index (χ3n) is 4.72. The van der Waals surface area contributed by atoms with Gasteiger partial charge in [-0.15, -0.1) is 0 Å². The van der Waals surface area contributed by atoms with Crippen LogP contribution in [0.25, 0.3) is 11.3 Å². The molecule has 0 saturated heterocycles. The van der Waals surface area contributed by atoms with Crippen molar-refractivity contribution < 1.29 is 2.74 Å². The van der Waals surface area contributed by atoms with Gasteiger partial charge in [0.1, 0.15) is 0 Å². The fourth-order valence-corrected chi connectivity index (χ4v) is 3.66. The van der Waals surface area contributed by atoms with Crippen LogP contribution in [-0.2, 0) is 11.8 Å². The molecule has 2 aliphatic rings. The summed E-state index contributed by atoms with van der Waals surface area (Å²) in [6.07, 6.45) is 5.88. The van der Waals surface area contributed by atoms with Crippen molar-refractivity contribution in [1.29, 1.82) is 0 Å². The average Bonchev–Trinajstić information content (AvgIpc) is 3.04. The highest BCUT2D eigenvalue weighted by Crippen LogP contribution is 2.50. The predicted octanol–water partition coefficient (Wildman–Crippen LogP) is 4.51. The van der Waals surface area contributed by atoms with Crippen LogP contribution in [0, 0.1) is 0 Å². The molecule has 0 amide bonds. The summed E-state index contributed by atoms with van der Waals surface area (Å²) >= 11 is 0. The Morgan fingerprint density at radius 1 is 1.05 bits per heavy atom. The molecular formula is C18H19N. The van der Waals surface area contributed by atoms with E-state index in [2.05, 4.69) is 23.2 Å². The van der Waals surface area contributed by atoms with Gasteiger partial charge in [0, 0.05) is 14.5 Å². The Labute approximate surface area is 117 Å². The molecule has 1 heterocycles. The Balaban J connectivity index is 1.87. The molecule has 0 bridgehead atoms. The fraction of sp³-hybridized carbons (Fsp3) is 0.389. The third kappa shape index (κ3) is 1.72. The Hall–Kier alpha value is -1.63. The van der Waals surface area contributed by atoms with Crippen molar-refractivity contribution >= 4 is 0 Å². The van der Waals surface area contributed by atoms with Crippen molar-refractivity contribution in [3.63, 3.8) is 0 Å². The van der Waals surface area contributed by atoms with Gasteiger partial charge in [-0.25, -0.2) is 0 Å². The minimum Gasteiger partial charge on any atom is -0.256 e. The Bertz CT molecular complexity index is 673. The van der Waals surface area contributed by atoms with Crippen LogP contribution in [0.4, 0.5) is 0 Å². The first-order valence-corrected chi connectivity index (χ1v) is 7.17. The summed E-state index contributed by atoms with van der Waals surface area (Å²) in [5, 5.41) is 0. The average molecular weight is 251 g/mol. The highest BCUT2D eigenvalue weighted by Gasteiger charge is 2.41. The van der Waals surface area contributed by atoms with Gasteiger partial charge in [0.05, 0.1) is 5.69 Å². The number of pyridine rings is 1. The zero-order valence-electron chi connectivity index (χ0n) is 13.0. The number of aromatic nitrogens is 1. The van der Waals surface area contributed by atoms with Gasteiger partial charge >= 0.3 is 0 Å². The molecule has 1 nitrogen and oxygen atoms in total. The van der Waals surface area contributed by atoms with Gasteiger partial charge in [-0.2, -0.15) is 0 Å². The maximum atomic E-state index is 8.36. The first kappa shape index (κ1) is 9.30. The molecule has 1 saturated carbocycles. The van der Waals surface area contributed by atoms with Crippen LogP contribution in [0.15, 0.2) is 42.6 Å². The van der Waals surface area contributed by atoms with E-state index in [0.717, 1.165) is 29.7 Å². The van der Waals surface area contributed by atoms with Crippen LogP contribution < -0.4 is 0 Å². The highest BCUT2D eigenvalue weighted by molar-refractivity contribution is 5.61. The molecule has 2 aliphatic carbocycles. The van der Waals surface area contributed by atoms with Crippen LogP contribution >= 0.6 is 0 Å². The molecule has 96 valence electrons. The number of aryl methyl sites for hydroxylation is 1. The highest BCUT2D eigenvalue weighted by atomic mass is 14.7. The standard InChI is InChI=1S/C18H19N/c1-2-6-14(7-3-1)17-12-16-15(13-19-17)8-11-18(16)9-4-5-10-18/h1-3,6-7,12-13H,4-5,8-11H2/i8D2. The van der Waals surface area contributed by atoms with E-state index in [0.29, 0.717) is 6.42 Å². The Morgan fingerprint density at radius 3 is 2.63 bits per heavy atom. The summed E-state index contributed by atoms with van der Waals surface area (Å²) in [6.45, 7) is 0. The van der Waals surface area contributed by atoms with Crippen LogP contribution in [0.2, 0.25) is 0 Å². The van der Waals surface area contributed by atoms with Crippen molar-refractivity contribution in [2.45, 2.75) is 43.9 Å². The van der Waals surface area contributed by atoms with E-state index in [9.17, 15) is 0 Å². The first-order valence-electron chi connectivity index (χ1n) is 8.17. The van der Waals surface area contributed by atoms with Gasteiger partial charge in [0.25, 0.3) is 0 Å². The third-order valence-corrected chi connectivity index (χ3v) is 4.72. The molecule has 0 radical (unpaired) electrons. The van der Waals surface area contributed by atoms with Crippen molar-refractivity contribution in [2.75, 3.05) is 0 Å².